The number of hydrogen-bond donors (Lipinski definition) is 1. The van der Waals surface area contributed by atoms with Crippen LogP contribution in [0.1, 0.15) is 35.7 Å². The van der Waals surface area contributed by atoms with Gasteiger partial charge in [0.15, 0.2) is 11.2 Å². The van der Waals surface area contributed by atoms with E-state index in [4.69, 9.17) is 4.52 Å². The molecule has 0 spiro atoms. The van der Waals surface area contributed by atoms with Crippen molar-refractivity contribution < 1.29 is 22.5 Å². The van der Waals surface area contributed by atoms with E-state index in [1.54, 1.807) is 19.9 Å². The van der Waals surface area contributed by atoms with Crippen molar-refractivity contribution >= 4 is 34.2 Å². The van der Waals surface area contributed by atoms with Crippen LogP contribution < -0.4 is 16.6 Å². The monoisotopic (exact) mass is 574 g/mol. The van der Waals surface area contributed by atoms with Gasteiger partial charge >= 0.3 is 11.9 Å². The van der Waals surface area contributed by atoms with E-state index in [0.29, 0.717) is 22.0 Å². The molecule has 40 heavy (non-hydrogen) atoms. The van der Waals surface area contributed by atoms with Crippen molar-refractivity contribution in [1.29, 1.82) is 0 Å². The number of amides is 1. The van der Waals surface area contributed by atoms with Crippen molar-refractivity contribution in [2.24, 2.45) is 7.05 Å². The molecule has 1 N–H and O–H groups in total. The highest BCUT2D eigenvalue weighted by molar-refractivity contribution is 7.13. The lowest BCUT2D eigenvalue weighted by Gasteiger charge is -2.14. The third-order valence-electron chi connectivity index (χ3n) is 6.20. The van der Waals surface area contributed by atoms with Gasteiger partial charge in [0.25, 0.3) is 5.56 Å². The van der Waals surface area contributed by atoms with Gasteiger partial charge in [-0.3, -0.25) is 23.7 Å². The second-order valence-electron chi connectivity index (χ2n) is 9.08. The van der Waals surface area contributed by atoms with Crippen LogP contribution in [0.25, 0.3) is 21.7 Å². The van der Waals surface area contributed by atoms with Crippen molar-refractivity contribution in [1.82, 2.24) is 33.8 Å². The SMILES string of the molecule is Cc1cc(Cn2c(=O)c3c(ncn3[C@@H](C)C(=O)Nc3csc(-c4cnc(C(F)(F)F)c(C)c4)n3)n(C)c2=O)no1. The van der Waals surface area contributed by atoms with Crippen LogP contribution in [0.15, 0.2) is 44.1 Å². The van der Waals surface area contributed by atoms with E-state index >= 15 is 0 Å². The van der Waals surface area contributed by atoms with Gasteiger partial charge in [0.2, 0.25) is 5.91 Å². The molecule has 0 aromatic carbocycles. The van der Waals surface area contributed by atoms with Crippen molar-refractivity contribution in [3.05, 3.63) is 73.6 Å². The zero-order valence-electron chi connectivity index (χ0n) is 21.5. The first-order chi connectivity index (χ1) is 18.8. The molecule has 0 aliphatic rings. The van der Waals surface area contributed by atoms with Crippen LogP contribution in [-0.4, -0.2) is 39.7 Å². The Labute approximate surface area is 226 Å². The highest BCUT2D eigenvalue weighted by Gasteiger charge is 2.34. The summed E-state index contributed by atoms with van der Waals surface area (Å²) < 4.78 is 47.7. The van der Waals surface area contributed by atoms with Gasteiger partial charge in [-0.1, -0.05) is 5.16 Å². The van der Waals surface area contributed by atoms with Crippen molar-refractivity contribution in [2.75, 3.05) is 5.32 Å². The minimum atomic E-state index is -4.57. The number of halogens is 3. The van der Waals surface area contributed by atoms with Crippen LogP contribution in [0.2, 0.25) is 0 Å². The van der Waals surface area contributed by atoms with Crippen LogP contribution in [0.4, 0.5) is 19.0 Å². The molecule has 0 aliphatic heterocycles. The van der Waals surface area contributed by atoms with Gasteiger partial charge in [-0.05, 0) is 32.4 Å². The number of rotatable bonds is 6. The first kappa shape index (κ1) is 27.0. The Morgan fingerprint density at radius 2 is 1.95 bits per heavy atom. The van der Waals surface area contributed by atoms with Crippen LogP contribution in [0.5, 0.6) is 0 Å². The number of aromatic nitrogens is 7. The smallest absolute Gasteiger partial charge is 0.361 e. The summed E-state index contributed by atoms with van der Waals surface area (Å²) in [6.45, 7) is 4.40. The van der Waals surface area contributed by atoms with E-state index in [-0.39, 0.29) is 29.1 Å². The maximum Gasteiger partial charge on any atom is 0.433 e. The molecule has 1 amide bonds. The molecule has 0 unspecified atom stereocenters. The average Bonchev–Trinajstić information content (AvgIpc) is 3.64. The quantitative estimate of drug-likeness (QED) is 0.326. The molecule has 208 valence electrons. The summed E-state index contributed by atoms with van der Waals surface area (Å²) >= 11 is 1.12. The molecular formula is C24H21F3N8O4S. The molecule has 0 saturated heterocycles. The van der Waals surface area contributed by atoms with Gasteiger partial charge in [-0.2, -0.15) is 13.2 Å². The molecule has 5 aromatic heterocycles. The van der Waals surface area contributed by atoms with Crippen molar-refractivity contribution in [3.63, 3.8) is 0 Å². The van der Waals surface area contributed by atoms with E-state index < -0.39 is 35.1 Å². The number of imidazole rings is 1. The van der Waals surface area contributed by atoms with Crippen molar-refractivity contribution in [3.8, 4) is 10.6 Å². The molecule has 12 nitrogen and oxygen atoms in total. The van der Waals surface area contributed by atoms with E-state index in [9.17, 15) is 27.6 Å². The molecule has 0 aliphatic carbocycles. The Bertz CT molecular complexity index is 1880. The molecule has 0 radical (unpaired) electrons. The highest BCUT2D eigenvalue weighted by atomic mass is 32.1. The average molecular weight is 575 g/mol. The summed E-state index contributed by atoms with van der Waals surface area (Å²) in [5.41, 5.74) is -1.40. The van der Waals surface area contributed by atoms with E-state index in [0.717, 1.165) is 22.1 Å². The Morgan fingerprint density at radius 1 is 1.20 bits per heavy atom. The molecular weight excluding hydrogens is 553 g/mol. The maximum absolute atomic E-state index is 13.4. The Hall–Kier alpha value is -4.60. The number of thiazole rings is 1. The minimum Gasteiger partial charge on any atom is -0.361 e. The number of anilines is 1. The Balaban J connectivity index is 1.41. The highest BCUT2D eigenvalue weighted by Crippen LogP contribution is 2.33. The van der Waals surface area contributed by atoms with Crippen LogP contribution >= 0.6 is 11.3 Å². The Kier molecular flexibility index (Phi) is 6.65. The normalized spacial score (nSPS) is 12.7. The second-order valence-corrected chi connectivity index (χ2v) is 9.93. The summed E-state index contributed by atoms with van der Waals surface area (Å²) in [4.78, 5) is 51.3. The minimum absolute atomic E-state index is 0.0373. The zero-order valence-corrected chi connectivity index (χ0v) is 22.3. The first-order valence-corrected chi connectivity index (χ1v) is 12.6. The molecule has 1 atom stereocenters. The summed E-state index contributed by atoms with van der Waals surface area (Å²) in [5, 5.41) is 8.39. The van der Waals surface area contributed by atoms with Gasteiger partial charge < -0.3 is 14.4 Å². The third kappa shape index (κ3) is 4.81. The standard InChI is InChI=1S/C24H21F3N8O4S/c1-11-5-14(7-28-18(11)24(25,26)27)21-31-16(9-40-21)30-20(36)13(3)35-10-29-19-17(35)22(37)34(23(38)33(19)4)8-15-6-12(2)39-32-15/h5-7,9-10,13H,8H2,1-4H3,(H,30,36)/t13-/m0/s1. The number of nitrogens with one attached hydrogen (secondary N) is 1. The zero-order chi connectivity index (χ0) is 28.9. The number of alkyl halides is 3. The summed E-state index contributed by atoms with van der Waals surface area (Å²) in [7, 11) is 1.46. The maximum atomic E-state index is 13.4. The molecule has 0 saturated carbocycles. The van der Waals surface area contributed by atoms with Crippen LogP contribution in [-0.2, 0) is 24.6 Å². The predicted octanol–water partition coefficient (Wildman–Crippen LogP) is 3.29. The van der Waals surface area contributed by atoms with Gasteiger partial charge in [0.05, 0.1) is 12.9 Å². The number of fused-ring (bicyclic) bond motifs is 1. The van der Waals surface area contributed by atoms with Gasteiger partial charge in [0, 0.05) is 30.3 Å². The lowest BCUT2D eigenvalue weighted by molar-refractivity contribution is -0.141. The van der Waals surface area contributed by atoms with Crippen LogP contribution in [0.3, 0.4) is 0 Å². The predicted molar refractivity (Wildman–Crippen MR) is 138 cm³/mol. The number of aryl methyl sites for hydroxylation is 3. The fourth-order valence-electron chi connectivity index (χ4n) is 4.19. The van der Waals surface area contributed by atoms with E-state index in [1.165, 1.54) is 40.9 Å². The molecule has 5 rings (SSSR count). The summed E-state index contributed by atoms with van der Waals surface area (Å²) in [6.07, 6.45) is -2.19. The van der Waals surface area contributed by atoms with Crippen LogP contribution in [0, 0.1) is 13.8 Å². The fourth-order valence-corrected chi connectivity index (χ4v) is 4.92. The largest absolute Gasteiger partial charge is 0.433 e. The van der Waals surface area contributed by atoms with Crippen molar-refractivity contribution in [2.45, 2.75) is 39.5 Å². The summed E-state index contributed by atoms with van der Waals surface area (Å²) in [6, 6.07) is 1.99. The van der Waals surface area contributed by atoms with Gasteiger partial charge in [-0.15, -0.1) is 11.3 Å². The lowest BCUT2D eigenvalue weighted by atomic mass is 10.1. The number of carbonyl (C=O) groups excluding carboxylic acids is 1. The van der Waals surface area contributed by atoms with Gasteiger partial charge in [0.1, 0.15) is 34.0 Å². The Morgan fingerprint density at radius 3 is 2.60 bits per heavy atom. The number of hydrogen-bond acceptors (Lipinski definition) is 9. The number of nitrogens with zero attached hydrogens (tertiary/aromatic N) is 7. The number of carbonyl (C=O) groups is 1. The topological polar surface area (TPSA) is 143 Å². The second kappa shape index (κ2) is 9.86. The molecule has 0 fully saturated rings. The van der Waals surface area contributed by atoms with Gasteiger partial charge in [-0.25, -0.2) is 14.8 Å². The first-order valence-electron chi connectivity index (χ1n) is 11.7. The molecule has 5 aromatic rings. The summed E-state index contributed by atoms with van der Waals surface area (Å²) in [5.74, 6) is 0.154. The lowest BCUT2D eigenvalue weighted by Crippen LogP contribution is -2.40. The van der Waals surface area contributed by atoms with E-state index in [2.05, 4.69) is 25.4 Å². The molecule has 0 bridgehead atoms. The van der Waals surface area contributed by atoms with E-state index in [1.807, 2.05) is 0 Å². The molecule has 16 heteroatoms. The number of pyridine rings is 1. The fraction of sp³-hybridized carbons (Fsp3) is 0.292. The molecule has 5 heterocycles. The third-order valence-corrected chi connectivity index (χ3v) is 7.09.